The molecule has 1 atom stereocenters. The molecule has 3 N–H and O–H groups in total. The summed E-state index contributed by atoms with van der Waals surface area (Å²) in [6.45, 7) is 3.85. The number of aromatic hydroxyl groups is 1. The molecule has 2 rings (SSSR count). The molecule has 0 radical (unpaired) electrons. The molecule has 94 valence electrons. The third-order valence-electron chi connectivity index (χ3n) is 3.63. The summed E-state index contributed by atoms with van der Waals surface area (Å²) in [6.07, 6.45) is 2.92. The minimum absolute atomic E-state index is 0.187. The Labute approximate surface area is 102 Å². The Morgan fingerprint density at radius 3 is 2.59 bits per heavy atom. The number of piperidine rings is 1. The fourth-order valence-corrected chi connectivity index (χ4v) is 2.69. The Morgan fingerprint density at radius 2 is 1.94 bits per heavy atom. The predicted molar refractivity (Wildman–Crippen MR) is 67.9 cm³/mol. The Balaban J connectivity index is 2.10. The first-order valence-corrected chi connectivity index (χ1v) is 6.31. The van der Waals surface area contributed by atoms with Gasteiger partial charge in [-0.05, 0) is 51.3 Å². The van der Waals surface area contributed by atoms with Crippen molar-refractivity contribution in [2.45, 2.75) is 31.8 Å². The van der Waals surface area contributed by atoms with E-state index < -0.39 is 5.60 Å². The van der Waals surface area contributed by atoms with E-state index >= 15 is 0 Å². The first kappa shape index (κ1) is 12.4. The second kappa shape index (κ2) is 5.07. The van der Waals surface area contributed by atoms with Crippen molar-refractivity contribution in [3.05, 3.63) is 29.8 Å². The average molecular weight is 235 g/mol. The van der Waals surface area contributed by atoms with Gasteiger partial charge < -0.3 is 15.5 Å². The van der Waals surface area contributed by atoms with Crippen molar-refractivity contribution in [2.24, 2.45) is 5.92 Å². The van der Waals surface area contributed by atoms with E-state index in [9.17, 15) is 10.2 Å². The van der Waals surface area contributed by atoms with Crippen LogP contribution in [-0.2, 0) is 5.60 Å². The van der Waals surface area contributed by atoms with Gasteiger partial charge in [-0.3, -0.25) is 0 Å². The fourth-order valence-electron chi connectivity index (χ4n) is 2.69. The topological polar surface area (TPSA) is 52.5 Å². The van der Waals surface area contributed by atoms with Gasteiger partial charge in [0.25, 0.3) is 0 Å². The maximum absolute atomic E-state index is 10.5. The molecule has 0 bridgehead atoms. The number of aliphatic hydroxyl groups is 1. The van der Waals surface area contributed by atoms with Crippen LogP contribution in [0.25, 0.3) is 0 Å². The van der Waals surface area contributed by atoms with Crippen LogP contribution in [0.3, 0.4) is 0 Å². The van der Waals surface area contributed by atoms with E-state index in [4.69, 9.17) is 0 Å². The number of hydrogen-bond donors (Lipinski definition) is 3. The molecule has 0 amide bonds. The molecule has 0 aromatic heterocycles. The largest absolute Gasteiger partial charge is 0.508 e. The minimum atomic E-state index is -0.937. The summed E-state index contributed by atoms with van der Waals surface area (Å²) >= 11 is 0. The van der Waals surface area contributed by atoms with E-state index in [1.54, 1.807) is 25.1 Å². The van der Waals surface area contributed by atoms with Crippen LogP contribution in [0.1, 0.15) is 31.7 Å². The molecular formula is C14H21NO2. The lowest BCUT2D eigenvalue weighted by atomic mass is 9.82. The molecule has 1 aromatic carbocycles. The first-order valence-electron chi connectivity index (χ1n) is 6.31. The number of phenols is 1. The monoisotopic (exact) mass is 235 g/mol. The second-order valence-electron chi connectivity index (χ2n) is 5.19. The van der Waals surface area contributed by atoms with Gasteiger partial charge in [0.05, 0.1) is 5.60 Å². The Bertz CT molecular complexity index is 370. The fraction of sp³-hybridized carbons (Fsp3) is 0.571. The van der Waals surface area contributed by atoms with Crippen LogP contribution >= 0.6 is 0 Å². The highest BCUT2D eigenvalue weighted by atomic mass is 16.3. The highest BCUT2D eigenvalue weighted by molar-refractivity contribution is 5.36. The molecule has 1 aliphatic heterocycles. The van der Waals surface area contributed by atoms with Crippen LogP contribution in [0, 0.1) is 5.92 Å². The summed E-state index contributed by atoms with van der Waals surface area (Å²) in [6, 6.07) is 7.06. The molecule has 3 nitrogen and oxygen atoms in total. The zero-order chi connectivity index (χ0) is 12.3. The van der Waals surface area contributed by atoms with Gasteiger partial charge in [0, 0.05) is 5.56 Å². The van der Waals surface area contributed by atoms with Crippen molar-refractivity contribution >= 4 is 0 Å². The summed E-state index contributed by atoms with van der Waals surface area (Å²) in [5.74, 6) is 0.720. The summed E-state index contributed by atoms with van der Waals surface area (Å²) in [5.41, 5.74) is -0.300. The van der Waals surface area contributed by atoms with Crippen molar-refractivity contribution in [1.29, 1.82) is 0 Å². The quantitative estimate of drug-likeness (QED) is 0.751. The average Bonchev–Trinajstić information content (AvgIpc) is 2.30. The smallest absolute Gasteiger partial charge is 0.121 e. The van der Waals surface area contributed by atoms with Crippen molar-refractivity contribution in [3.63, 3.8) is 0 Å². The van der Waals surface area contributed by atoms with Crippen molar-refractivity contribution in [2.75, 3.05) is 13.1 Å². The molecule has 3 heteroatoms. The molecule has 0 spiro atoms. The Morgan fingerprint density at radius 1 is 1.29 bits per heavy atom. The minimum Gasteiger partial charge on any atom is -0.508 e. The molecular weight excluding hydrogens is 214 g/mol. The Kier molecular flexibility index (Phi) is 3.69. The van der Waals surface area contributed by atoms with E-state index in [0.29, 0.717) is 17.9 Å². The van der Waals surface area contributed by atoms with Crippen LogP contribution < -0.4 is 5.32 Å². The second-order valence-corrected chi connectivity index (χ2v) is 5.19. The van der Waals surface area contributed by atoms with E-state index in [1.165, 1.54) is 0 Å². The molecule has 1 heterocycles. The van der Waals surface area contributed by atoms with Crippen molar-refractivity contribution in [3.8, 4) is 5.75 Å². The number of phenolic OH excluding ortho intramolecular Hbond substituents is 1. The molecule has 1 unspecified atom stereocenters. The van der Waals surface area contributed by atoms with Crippen LogP contribution in [0.4, 0.5) is 0 Å². The van der Waals surface area contributed by atoms with Gasteiger partial charge in [-0.1, -0.05) is 18.2 Å². The van der Waals surface area contributed by atoms with E-state index in [0.717, 1.165) is 25.9 Å². The number of hydrogen-bond acceptors (Lipinski definition) is 3. The lowest BCUT2D eigenvalue weighted by Crippen LogP contribution is -2.32. The summed E-state index contributed by atoms with van der Waals surface area (Å²) in [4.78, 5) is 0. The van der Waals surface area contributed by atoms with Gasteiger partial charge in [-0.2, -0.15) is 0 Å². The van der Waals surface area contributed by atoms with E-state index in [2.05, 4.69) is 5.32 Å². The summed E-state index contributed by atoms with van der Waals surface area (Å²) in [5, 5.41) is 23.7. The lowest BCUT2D eigenvalue weighted by molar-refractivity contribution is 0.0230. The van der Waals surface area contributed by atoms with E-state index in [1.807, 2.05) is 6.07 Å². The predicted octanol–water partition coefficient (Wildman–Crippen LogP) is 1.99. The summed E-state index contributed by atoms with van der Waals surface area (Å²) < 4.78 is 0. The molecule has 1 aliphatic rings. The van der Waals surface area contributed by atoms with Gasteiger partial charge >= 0.3 is 0 Å². The molecule has 0 saturated carbocycles. The first-order chi connectivity index (χ1) is 8.09. The molecule has 1 aromatic rings. The standard InChI is InChI=1S/C14H21NO2/c1-14(17,10-11-6-8-15-9-7-11)12-4-2-3-5-13(12)16/h2-5,11,15-17H,6-10H2,1H3. The SMILES string of the molecule is CC(O)(CC1CCNCC1)c1ccccc1O. The lowest BCUT2D eigenvalue weighted by Gasteiger charge is -2.31. The normalized spacial score (nSPS) is 21.1. The zero-order valence-electron chi connectivity index (χ0n) is 10.3. The van der Waals surface area contributed by atoms with Crippen LogP contribution in [-0.4, -0.2) is 23.3 Å². The van der Waals surface area contributed by atoms with Gasteiger partial charge in [-0.25, -0.2) is 0 Å². The van der Waals surface area contributed by atoms with Gasteiger partial charge in [0.2, 0.25) is 0 Å². The molecule has 1 saturated heterocycles. The number of benzene rings is 1. The highest BCUT2D eigenvalue weighted by Crippen LogP contribution is 2.35. The van der Waals surface area contributed by atoms with Crippen LogP contribution in [0.5, 0.6) is 5.75 Å². The number of rotatable bonds is 3. The number of para-hydroxylation sites is 1. The van der Waals surface area contributed by atoms with E-state index in [-0.39, 0.29) is 5.75 Å². The maximum Gasteiger partial charge on any atom is 0.121 e. The Hall–Kier alpha value is -1.06. The van der Waals surface area contributed by atoms with Crippen molar-refractivity contribution in [1.82, 2.24) is 5.32 Å². The summed E-state index contributed by atoms with van der Waals surface area (Å²) in [7, 11) is 0. The third kappa shape index (κ3) is 2.99. The van der Waals surface area contributed by atoms with Crippen molar-refractivity contribution < 1.29 is 10.2 Å². The molecule has 17 heavy (non-hydrogen) atoms. The number of nitrogens with one attached hydrogen (secondary N) is 1. The van der Waals surface area contributed by atoms with Gasteiger partial charge in [-0.15, -0.1) is 0 Å². The van der Waals surface area contributed by atoms with Gasteiger partial charge in [0.15, 0.2) is 0 Å². The maximum atomic E-state index is 10.5. The highest BCUT2D eigenvalue weighted by Gasteiger charge is 2.30. The molecule has 1 fully saturated rings. The third-order valence-corrected chi connectivity index (χ3v) is 3.63. The van der Waals surface area contributed by atoms with Gasteiger partial charge in [0.1, 0.15) is 5.75 Å². The van der Waals surface area contributed by atoms with Crippen LogP contribution in [0.2, 0.25) is 0 Å². The molecule has 0 aliphatic carbocycles. The zero-order valence-corrected chi connectivity index (χ0v) is 10.3. The van der Waals surface area contributed by atoms with Crippen LogP contribution in [0.15, 0.2) is 24.3 Å².